The summed E-state index contributed by atoms with van der Waals surface area (Å²) >= 11 is 2.18. The highest BCUT2D eigenvalue weighted by molar-refractivity contribution is 14.1. The van der Waals surface area contributed by atoms with Gasteiger partial charge in [-0.3, -0.25) is 0 Å². The molecule has 0 fully saturated rings. The smallest absolute Gasteiger partial charge is 0.244 e. The van der Waals surface area contributed by atoms with Gasteiger partial charge in [0.25, 0.3) is 0 Å². The summed E-state index contributed by atoms with van der Waals surface area (Å²) < 4.78 is 14.1. The fourth-order valence-electron chi connectivity index (χ4n) is 2.28. The molecule has 4 aromatic rings. The fourth-order valence-corrected chi connectivity index (χ4v) is 2.96. The van der Waals surface area contributed by atoms with Gasteiger partial charge in [-0.15, -0.1) is 0 Å². The van der Waals surface area contributed by atoms with Gasteiger partial charge in [0, 0.05) is 10.8 Å². The maximum absolute atomic E-state index is 13.2. The van der Waals surface area contributed by atoms with Crippen molar-refractivity contribution in [3.8, 4) is 0 Å². The van der Waals surface area contributed by atoms with Crippen molar-refractivity contribution >= 4 is 50.3 Å². The SMILES string of the molecule is Fc1ccc2c(cnn2Nc2nc(I)c3ccccc3n2)c1. The molecule has 2 heterocycles. The van der Waals surface area contributed by atoms with Crippen molar-refractivity contribution in [1.82, 2.24) is 19.9 Å². The van der Waals surface area contributed by atoms with Crippen LogP contribution in [0.5, 0.6) is 0 Å². The molecule has 0 aliphatic carbocycles. The molecule has 2 aromatic heterocycles. The molecule has 2 aromatic carbocycles. The second-order valence-electron chi connectivity index (χ2n) is 4.73. The van der Waals surface area contributed by atoms with E-state index in [0.29, 0.717) is 11.3 Å². The summed E-state index contributed by atoms with van der Waals surface area (Å²) in [6, 6.07) is 12.3. The summed E-state index contributed by atoms with van der Waals surface area (Å²) in [4.78, 5) is 10.4. The minimum absolute atomic E-state index is 0.288. The summed E-state index contributed by atoms with van der Waals surface area (Å²) in [6.07, 6.45) is 1.59. The number of halogens is 2. The number of fused-ring (bicyclic) bond motifs is 2. The monoisotopic (exact) mass is 405 g/mol. The second kappa shape index (κ2) is 5.16. The van der Waals surface area contributed by atoms with Crippen LogP contribution in [0.4, 0.5) is 10.3 Å². The fraction of sp³-hybridized carbons (Fsp3) is 0. The van der Waals surface area contributed by atoms with Gasteiger partial charge in [-0.25, -0.2) is 19.8 Å². The van der Waals surface area contributed by atoms with Crippen molar-refractivity contribution < 1.29 is 4.39 Å². The molecule has 0 spiro atoms. The van der Waals surface area contributed by atoms with E-state index in [4.69, 9.17) is 0 Å². The Kier molecular flexibility index (Phi) is 3.14. The van der Waals surface area contributed by atoms with Crippen LogP contribution in [-0.4, -0.2) is 19.9 Å². The average molecular weight is 405 g/mol. The van der Waals surface area contributed by atoms with E-state index in [9.17, 15) is 4.39 Å². The first-order chi connectivity index (χ1) is 10.7. The van der Waals surface area contributed by atoms with Gasteiger partial charge in [0.15, 0.2) is 0 Å². The number of aromatic nitrogens is 4. The molecule has 4 rings (SSSR count). The predicted octanol–water partition coefficient (Wildman–Crippen LogP) is 3.60. The minimum atomic E-state index is -0.288. The number of nitrogens with one attached hydrogen (secondary N) is 1. The van der Waals surface area contributed by atoms with Crippen molar-refractivity contribution in [2.24, 2.45) is 0 Å². The van der Waals surface area contributed by atoms with Gasteiger partial charge in [0.2, 0.25) is 5.95 Å². The Balaban J connectivity index is 1.79. The third kappa shape index (κ3) is 2.27. The average Bonchev–Trinajstić information content (AvgIpc) is 2.89. The molecular formula is C15H9FIN5. The highest BCUT2D eigenvalue weighted by atomic mass is 127. The Morgan fingerprint density at radius 1 is 1.09 bits per heavy atom. The van der Waals surface area contributed by atoms with Crippen LogP contribution in [0.2, 0.25) is 0 Å². The Morgan fingerprint density at radius 2 is 1.95 bits per heavy atom. The molecule has 0 saturated heterocycles. The molecule has 5 nitrogen and oxygen atoms in total. The first kappa shape index (κ1) is 13.4. The number of rotatable bonds is 2. The van der Waals surface area contributed by atoms with E-state index in [1.54, 1.807) is 12.3 Å². The van der Waals surface area contributed by atoms with Crippen LogP contribution in [0.25, 0.3) is 21.8 Å². The van der Waals surface area contributed by atoms with E-state index in [1.807, 2.05) is 24.3 Å². The first-order valence-corrected chi connectivity index (χ1v) is 7.61. The van der Waals surface area contributed by atoms with Gasteiger partial charge < -0.3 is 0 Å². The molecule has 108 valence electrons. The third-order valence-corrected chi connectivity index (χ3v) is 4.11. The van der Waals surface area contributed by atoms with Gasteiger partial charge in [-0.1, -0.05) is 18.2 Å². The van der Waals surface area contributed by atoms with Crippen LogP contribution in [0.15, 0.2) is 48.7 Å². The zero-order valence-electron chi connectivity index (χ0n) is 11.2. The molecule has 0 atom stereocenters. The summed E-state index contributed by atoms with van der Waals surface area (Å²) in [5.74, 6) is 0.154. The Labute approximate surface area is 138 Å². The lowest BCUT2D eigenvalue weighted by molar-refractivity contribution is 0.629. The second-order valence-corrected chi connectivity index (χ2v) is 5.75. The molecule has 22 heavy (non-hydrogen) atoms. The lowest BCUT2D eigenvalue weighted by Gasteiger charge is -2.08. The summed E-state index contributed by atoms with van der Waals surface area (Å²) in [7, 11) is 0. The van der Waals surface area contributed by atoms with Gasteiger partial charge >= 0.3 is 0 Å². The molecule has 0 saturated carbocycles. The van der Waals surface area contributed by atoms with Crippen LogP contribution in [0, 0.1) is 9.52 Å². The molecule has 0 aliphatic heterocycles. The van der Waals surface area contributed by atoms with Crippen LogP contribution in [0.3, 0.4) is 0 Å². The Hall–Kier alpha value is -2.29. The molecule has 0 unspecified atom stereocenters. The first-order valence-electron chi connectivity index (χ1n) is 6.53. The summed E-state index contributed by atoms with van der Waals surface area (Å²) in [5.41, 5.74) is 4.65. The molecular weight excluding hydrogens is 396 g/mol. The number of anilines is 1. The molecule has 0 aliphatic rings. The highest BCUT2D eigenvalue weighted by Crippen LogP contribution is 2.20. The zero-order chi connectivity index (χ0) is 15.1. The molecule has 0 amide bonds. The Morgan fingerprint density at radius 3 is 2.86 bits per heavy atom. The standard InChI is InChI=1S/C15H9FIN5/c16-10-5-6-13-9(7-10)8-18-22(13)21-15-19-12-4-2-1-3-11(12)14(17)20-15/h1-8H,(H,19,20,21). The molecule has 7 heteroatoms. The normalized spacial score (nSPS) is 11.2. The minimum Gasteiger partial charge on any atom is -0.244 e. The van der Waals surface area contributed by atoms with Crippen molar-refractivity contribution in [3.05, 3.63) is 58.2 Å². The van der Waals surface area contributed by atoms with E-state index < -0.39 is 0 Å². The van der Waals surface area contributed by atoms with E-state index in [-0.39, 0.29) is 5.82 Å². The molecule has 1 N–H and O–H groups in total. The number of nitrogens with zero attached hydrogens (tertiary/aromatic N) is 4. The van der Waals surface area contributed by atoms with Crippen LogP contribution in [0.1, 0.15) is 0 Å². The lowest BCUT2D eigenvalue weighted by atomic mass is 10.2. The molecule has 0 bridgehead atoms. The van der Waals surface area contributed by atoms with E-state index in [1.165, 1.54) is 16.9 Å². The maximum Gasteiger partial charge on any atom is 0.245 e. The van der Waals surface area contributed by atoms with E-state index in [0.717, 1.165) is 20.1 Å². The predicted molar refractivity (Wildman–Crippen MR) is 91.0 cm³/mol. The lowest BCUT2D eigenvalue weighted by Crippen LogP contribution is -2.13. The van der Waals surface area contributed by atoms with Gasteiger partial charge in [0.1, 0.15) is 9.52 Å². The van der Waals surface area contributed by atoms with Gasteiger partial charge in [0.05, 0.1) is 17.2 Å². The third-order valence-electron chi connectivity index (χ3n) is 3.29. The van der Waals surface area contributed by atoms with Crippen LogP contribution >= 0.6 is 22.6 Å². The van der Waals surface area contributed by atoms with E-state index in [2.05, 4.69) is 43.1 Å². The molecule has 0 radical (unpaired) electrons. The van der Waals surface area contributed by atoms with Crippen LogP contribution in [-0.2, 0) is 0 Å². The van der Waals surface area contributed by atoms with Crippen molar-refractivity contribution in [2.75, 3.05) is 5.43 Å². The Bertz CT molecular complexity index is 998. The largest absolute Gasteiger partial charge is 0.245 e. The highest BCUT2D eigenvalue weighted by Gasteiger charge is 2.08. The van der Waals surface area contributed by atoms with Crippen LogP contribution < -0.4 is 5.43 Å². The van der Waals surface area contributed by atoms with Crippen molar-refractivity contribution in [2.45, 2.75) is 0 Å². The quantitative estimate of drug-likeness (QED) is 0.409. The van der Waals surface area contributed by atoms with Gasteiger partial charge in [-0.2, -0.15) is 9.89 Å². The van der Waals surface area contributed by atoms with E-state index >= 15 is 0 Å². The van der Waals surface area contributed by atoms with Crippen molar-refractivity contribution in [3.63, 3.8) is 0 Å². The zero-order valence-corrected chi connectivity index (χ0v) is 13.3. The number of hydrogen-bond donors (Lipinski definition) is 1. The maximum atomic E-state index is 13.2. The topological polar surface area (TPSA) is 55.6 Å². The van der Waals surface area contributed by atoms with Crippen molar-refractivity contribution in [1.29, 1.82) is 0 Å². The van der Waals surface area contributed by atoms with Gasteiger partial charge in [-0.05, 0) is 46.9 Å². The summed E-state index contributed by atoms with van der Waals surface area (Å²) in [6.45, 7) is 0. The number of hydrogen-bond acceptors (Lipinski definition) is 4. The number of benzene rings is 2. The number of para-hydroxylation sites is 1. The summed E-state index contributed by atoms with van der Waals surface area (Å²) in [5, 5.41) is 5.91.